The molecule has 0 saturated carbocycles. The molecule has 0 atom stereocenters. The van der Waals surface area contributed by atoms with Crippen molar-refractivity contribution in [1.29, 1.82) is 0 Å². The number of imidazole rings is 1. The van der Waals surface area contributed by atoms with Gasteiger partial charge in [0.05, 0.1) is 17.6 Å². The third-order valence-electron chi connectivity index (χ3n) is 5.49. The van der Waals surface area contributed by atoms with Gasteiger partial charge in [0.25, 0.3) is 5.91 Å². The number of halogens is 1. The molecule has 1 saturated heterocycles. The minimum Gasteiger partial charge on any atom is -0.494 e. The number of benzene rings is 2. The van der Waals surface area contributed by atoms with E-state index in [0.29, 0.717) is 10.8 Å². The quantitative estimate of drug-likeness (QED) is 0.556. The molecule has 1 aromatic heterocycles. The number of piperidine rings is 1. The van der Waals surface area contributed by atoms with Gasteiger partial charge in [-0.1, -0.05) is 29.3 Å². The standard InChI is InChI=1S/C23H27ClN4O2/c1-16-3-6-19(7-4-16)30-14-2-11-28-12-9-18(10-13-28)25-23(29)22-26-20-8-5-17(24)15-21(20)27-22/h3-8,15,18H,2,9-14H2,1H3,(H,25,29)(H,26,27). The van der Waals surface area contributed by atoms with Crippen molar-refractivity contribution in [3.05, 3.63) is 58.9 Å². The average molecular weight is 427 g/mol. The summed E-state index contributed by atoms with van der Waals surface area (Å²) in [6, 6.07) is 13.7. The molecule has 158 valence electrons. The van der Waals surface area contributed by atoms with E-state index in [2.05, 4.69) is 39.2 Å². The Bertz CT molecular complexity index is 994. The Morgan fingerprint density at radius 3 is 2.77 bits per heavy atom. The summed E-state index contributed by atoms with van der Waals surface area (Å²) in [4.78, 5) is 22.4. The van der Waals surface area contributed by atoms with Crippen LogP contribution in [0.3, 0.4) is 0 Å². The van der Waals surface area contributed by atoms with E-state index in [1.165, 1.54) is 5.56 Å². The van der Waals surface area contributed by atoms with Crippen molar-refractivity contribution >= 4 is 28.5 Å². The van der Waals surface area contributed by atoms with Gasteiger partial charge >= 0.3 is 0 Å². The lowest BCUT2D eigenvalue weighted by Crippen LogP contribution is -2.45. The van der Waals surface area contributed by atoms with E-state index in [4.69, 9.17) is 16.3 Å². The zero-order chi connectivity index (χ0) is 20.9. The predicted molar refractivity (Wildman–Crippen MR) is 119 cm³/mol. The average Bonchev–Trinajstić information content (AvgIpc) is 3.17. The van der Waals surface area contributed by atoms with Gasteiger partial charge in [-0.05, 0) is 56.5 Å². The summed E-state index contributed by atoms with van der Waals surface area (Å²) in [7, 11) is 0. The lowest BCUT2D eigenvalue weighted by molar-refractivity contribution is 0.0900. The molecule has 1 aliphatic rings. The van der Waals surface area contributed by atoms with Gasteiger partial charge in [0.1, 0.15) is 5.75 Å². The number of fused-ring (bicyclic) bond motifs is 1. The number of aryl methyl sites for hydroxylation is 1. The number of H-pyrrole nitrogens is 1. The second-order valence-corrected chi connectivity index (χ2v) is 8.29. The van der Waals surface area contributed by atoms with Gasteiger partial charge in [0.15, 0.2) is 5.82 Å². The topological polar surface area (TPSA) is 70.2 Å². The number of nitrogens with one attached hydrogen (secondary N) is 2. The van der Waals surface area contributed by atoms with Crippen LogP contribution in [0.25, 0.3) is 11.0 Å². The van der Waals surface area contributed by atoms with Crippen molar-refractivity contribution in [2.45, 2.75) is 32.2 Å². The number of likely N-dealkylation sites (tertiary alicyclic amines) is 1. The SMILES string of the molecule is Cc1ccc(OCCCN2CCC(NC(=O)c3nc4ccc(Cl)cc4[nH]3)CC2)cc1. The molecule has 0 radical (unpaired) electrons. The Morgan fingerprint density at radius 1 is 1.23 bits per heavy atom. The van der Waals surface area contributed by atoms with Crippen molar-refractivity contribution in [1.82, 2.24) is 20.2 Å². The van der Waals surface area contributed by atoms with Crippen molar-refractivity contribution in [2.75, 3.05) is 26.2 Å². The van der Waals surface area contributed by atoms with E-state index in [-0.39, 0.29) is 11.9 Å². The monoisotopic (exact) mass is 426 g/mol. The Kier molecular flexibility index (Phi) is 6.55. The van der Waals surface area contributed by atoms with Crippen LogP contribution in [0.5, 0.6) is 5.75 Å². The van der Waals surface area contributed by atoms with Crippen molar-refractivity contribution in [3.63, 3.8) is 0 Å². The van der Waals surface area contributed by atoms with Crippen molar-refractivity contribution in [2.24, 2.45) is 0 Å². The number of aromatic nitrogens is 2. The zero-order valence-corrected chi connectivity index (χ0v) is 17.9. The second kappa shape index (κ2) is 9.49. The molecule has 7 heteroatoms. The van der Waals surface area contributed by atoms with E-state index in [1.54, 1.807) is 12.1 Å². The van der Waals surface area contributed by atoms with Gasteiger partial charge in [-0.15, -0.1) is 0 Å². The second-order valence-electron chi connectivity index (χ2n) is 7.85. The lowest BCUT2D eigenvalue weighted by atomic mass is 10.0. The van der Waals surface area contributed by atoms with E-state index >= 15 is 0 Å². The molecule has 4 rings (SSSR count). The number of hydrogen-bond acceptors (Lipinski definition) is 4. The third kappa shape index (κ3) is 5.32. The maximum Gasteiger partial charge on any atom is 0.287 e. The first-order valence-corrected chi connectivity index (χ1v) is 10.8. The molecule has 0 bridgehead atoms. The highest BCUT2D eigenvalue weighted by atomic mass is 35.5. The molecule has 2 aromatic carbocycles. The molecule has 6 nitrogen and oxygen atoms in total. The minimum atomic E-state index is -0.160. The fraction of sp³-hybridized carbons (Fsp3) is 0.391. The van der Waals surface area contributed by atoms with Crippen LogP contribution in [0.4, 0.5) is 0 Å². The lowest BCUT2D eigenvalue weighted by Gasteiger charge is -2.32. The Labute approximate surface area is 181 Å². The summed E-state index contributed by atoms with van der Waals surface area (Å²) in [6.07, 6.45) is 2.87. The first-order chi connectivity index (χ1) is 14.6. The van der Waals surface area contributed by atoms with Crippen LogP contribution in [-0.2, 0) is 0 Å². The molecule has 1 fully saturated rings. The highest BCUT2D eigenvalue weighted by Crippen LogP contribution is 2.18. The van der Waals surface area contributed by atoms with Gasteiger partial charge < -0.3 is 19.9 Å². The molecule has 0 spiro atoms. The molecule has 1 amide bonds. The van der Waals surface area contributed by atoms with Crippen LogP contribution in [0, 0.1) is 6.92 Å². The summed E-state index contributed by atoms with van der Waals surface area (Å²) in [5, 5.41) is 3.73. The smallest absolute Gasteiger partial charge is 0.287 e. The van der Waals surface area contributed by atoms with E-state index in [1.807, 2.05) is 18.2 Å². The normalized spacial score (nSPS) is 15.4. The number of amides is 1. The van der Waals surface area contributed by atoms with E-state index in [9.17, 15) is 4.79 Å². The summed E-state index contributed by atoms with van der Waals surface area (Å²) in [6.45, 7) is 5.76. The molecular weight excluding hydrogens is 400 g/mol. The van der Waals surface area contributed by atoms with Gasteiger partial charge in [0, 0.05) is 30.7 Å². The summed E-state index contributed by atoms with van der Waals surface area (Å²) in [5.41, 5.74) is 2.75. The number of hydrogen-bond donors (Lipinski definition) is 2. The number of carbonyl (C=O) groups is 1. The maximum atomic E-state index is 12.5. The van der Waals surface area contributed by atoms with Crippen molar-refractivity contribution in [3.8, 4) is 5.75 Å². The number of ether oxygens (including phenoxy) is 1. The maximum absolute atomic E-state index is 12.5. The highest BCUT2D eigenvalue weighted by Gasteiger charge is 2.22. The van der Waals surface area contributed by atoms with Crippen LogP contribution in [0.1, 0.15) is 35.4 Å². The predicted octanol–water partition coefficient (Wildman–Crippen LogP) is 4.19. The first kappa shape index (κ1) is 20.7. The first-order valence-electron chi connectivity index (χ1n) is 10.4. The van der Waals surface area contributed by atoms with Gasteiger partial charge in [-0.2, -0.15) is 0 Å². The van der Waals surface area contributed by atoms with Crippen LogP contribution in [-0.4, -0.2) is 53.1 Å². The third-order valence-corrected chi connectivity index (χ3v) is 5.73. The molecule has 0 unspecified atom stereocenters. The molecule has 3 aromatic rings. The van der Waals surface area contributed by atoms with E-state index < -0.39 is 0 Å². The molecule has 2 heterocycles. The van der Waals surface area contributed by atoms with E-state index in [0.717, 1.165) is 62.3 Å². The zero-order valence-electron chi connectivity index (χ0n) is 17.2. The molecular formula is C23H27ClN4O2. The van der Waals surface area contributed by atoms with Crippen LogP contribution >= 0.6 is 11.6 Å². The largest absolute Gasteiger partial charge is 0.494 e. The van der Waals surface area contributed by atoms with Crippen molar-refractivity contribution < 1.29 is 9.53 Å². The number of rotatable bonds is 7. The highest BCUT2D eigenvalue weighted by molar-refractivity contribution is 6.31. The summed E-state index contributed by atoms with van der Waals surface area (Å²) in [5.74, 6) is 1.10. The van der Waals surface area contributed by atoms with Gasteiger partial charge in [-0.3, -0.25) is 4.79 Å². The van der Waals surface area contributed by atoms with Crippen LogP contribution < -0.4 is 10.1 Å². The summed E-state index contributed by atoms with van der Waals surface area (Å²) < 4.78 is 5.80. The Balaban J connectivity index is 1.17. The fourth-order valence-corrected chi connectivity index (χ4v) is 3.93. The van der Waals surface area contributed by atoms with Crippen LogP contribution in [0.2, 0.25) is 5.02 Å². The van der Waals surface area contributed by atoms with Gasteiger partial charge in [0.2, 0.25) is 0 Å². The Morgan fingerprint density at radius 2 is 2.00 bits per heavy atom. The minimum absolute atomic E-state index is 0.160. The Hall–Kier alpha value is -2.57. The van der Waals surface area contributed by atoms with Crippen LogP contribution in [0.15, 0.2) is 42.5 Å². The number of nitrogens with zero attached hydrogens (tertiary/aromatic N) is 2. The van der Waals surface area contributed by atoms with Gasteiger partial charge in [-0.25, -0.2) is 4.98 Å². The summed E-state index contributed by atoms with van der Waals surface area (Å²) >= 11 is 6.00. The number of aromatic amines is 1. The molecule has 30 heavy (non-hydrogen) atoms. The molecule has 2 N–H and O–H groups in total. The molecule has 0 aliphatic carbocycles. The molecule has 1 aliphatic heterocycles. The fourth-order valence-electron chi connectivity index (χ4n) is 3.76. The number of carbonyl (C=O) groups excluding carboxylic acids is 1.